The van der Waals surface area contributed by atoms with Crippen LogP contribution in [0.15, 0.2) is 24.3 Å². The highest BCUT2D eigenvalue weighted by Crippen LogP contribution is 2.41. The molecular weight excluding hydrogens is 225 g/mol. The maximum absolute atomic E-state index is 13.2. The lowest BCUT2D eigenvalue weighted by molar-refractivity contribution is 0.356. The smallest absolute Gasteiger partial charge is 0.123 e. The summed E-state index contributed by atoms with van der Waals surface area (Å²) in [6, 6.07) is 7.65. The van der Waals surface area contributed by atoms with Crippen molar-refractivity contribution in [2.45, 2.75) is 52.6 Å². The molecule has 2 heteroatoms. The van der Waals surface area contributed by atoms with Crippen molar-refractivity contribution in [1.29, 1.82) is 0 Å². The highest BCUT2D eigenvalue weighted by Gasteiger charge is 2.36. The Kier molecular flexibility index (Phi) is 3.76. The summed E-state index contributed by atoms with van der Waals surface area (Å²) in [5.41, 5.74) is 1.46. The van der Waals surface area contributed by atoms with Crippen LogP contribution in [0, 0.1) is 17.2 Å². The second-order valence-electron chi connectivity index (χ2n) is 6.60. The van der Waals surface area contributed by atoms with Gasteiger partial charge in [0.15, 0.2) is 0 Å². The van der Waals surface area contributed by atoms with Crippen LogP contribution in [0.1, 0.15) is 52.1 Å². The average molecular weight is 249 g/mol. The fourth-order valence-electron chi connectivity index (χ4n) is 3.31. The van der Waals surface area contributed by atoms with Crippen LogP contribution in [0.5, 0.6) is 0 Å². The van der Waals surface area contributed by atoms with Gasteiger partial charge in [-0.15, -0.1) is 0 Å². The monoisotopic (exact) mass is 249 g/mol. The highest BCUT2D eigenvalue weighted by atomic mass is 19.1. The van der Waals surface area contributed by atoms with Crippen molar-refractivity contribution in [1.82, 2.24) is 5.32 Å². The molecule has 1 aliphatic carbocycles. The summed E-state index contributed by atoms with van der Waals surface area (Å²) >= 11 is 0. The third-order valence-corrected chi connectivity index (χ3v) is 4.15. The summed E-state index contributed by atoms with van der Waals surface area (Å²) in [5.74, 6) is 0.539. The summed E-state index contributed by atoms with van der Waals surface area (Å²) in [5, 5.41) is 3.66. The van der Waals surface area contributed by atoms with Gasteiger partial charge in [0.25, 0.3) is 0 Å². The molecule has 3 atom stereocenters. The summed E-state index contributed by atoms with van der Waals surface area (Å²) < 4.78 is 13.2. The van der Waals surface area contributed by atoms with Gasteiger partial charge in [0, 0.05) is 12.1 Å². The zero-order valence-corrected chi connectivity index (χ0v) is 11.8. The van der Waals surface area contributed by atoms with Gasteiger partial charge in [-0.1, -0.05) is 32.9 Å². The number of halogens is 1. The van der Waals surface area contributed by atoms with E-state index in [1.54, 1.807) is 12.1 Å². The van der Waals surface area contributed by atoms with Gasteiger partial charge in [0.1, 0.15) is 5.82 Å². The van der Waals surface area contributed by atoms with Gasteiger partial charge in [-0.25, -0.2) is 4.39 Å². The van der Waals surface area contributed by atoms with Crippen LogP contribution in [0.25, 0.3) is 0 Å². The Morgan fingerprint density at radius 3 is 2.61 bits per heavy atom. The first-order valence-corrected chi connectivity index (χ1v) is 6.89. The van der Waals surface area contributed by atoms with E-state index >= 15 is 0 Å². The lowest BCUT2D eigenvalue weighted by Gasteiger charge is -2.23. The standard InChI is InChI=1S/C16H24FN/c1-11-9-16(3,4)10-15(11)18-12(2)13-6-5-7-14(17)8-13/h5-8,11-12,15,18H,9-10H2,1-4H3/t11?,12-,15?/m0/s1. The Morgan fingerprint density at radius 2 is 2.06 bits per heavy atom. The van der Waals surface area contributed by atoms with E-state index in [4.69, 9.17) is 0 Å². The number of rotatable bonds is 3. The maximum atomic E-state index is 13.2. The van der Waals surface area contributed by atoms with Gasteiger partial charge < -0.3 is 5.32 Å². The molecular formula is C16H24FN. The Labute approximate surface area is 110 Å². The Balaban J connectivity index is 2.02. The molecule has 1 fully saturated rings. The summed E-state index contributed by atoms with van der Waals surface area (Å²) in [4.78, 5) is 0. The van der Waals surface area contributed by atoms with E-state index in [0.29, 0.717) is 17.4 Å². The fraction of sp³-hybridized carbons (Fsp3) is 0.625. The first-order chi connectivity index (χ1) is 8.37. The second kappa shape index (κ2) is 5.00. The number of hydrogen-bond acceptors (Lipinski definition) is 1. The van der Waals surface area contributed by atoms with E-state index < -0.39 is 0 Å². The van der Waals surface area contributed by atoms with Crippen molar-refractivity contribution in [2.75, 3.05) is 0 Å². The Hall–Kier alpha value is -0.890. The quantitative estimate of drug-likeness (QED) is 0.842. The van der Waals surface area contributed by atoms with E-state index in [-0.39, 0.29) is 11.9 Å². The SMILES string of the molecule is CC1CC(C)(C)CC1N[C@@H](C)c1cccc(F)c1. The van der Waals surface area contributed by atoms with Gasteiger partial charge in [-0.05, 0) is 48.8 Å². The van der Waals surface area contributed by atoms with E-state index in [2.05, 4.69) is 33.0 Å². The van der Waals surface area contributed by atoms with E-state index in [0.717, 1.165) is 5.56 Å². The molecule has 1 N–H and O–H groups in total. The molecule has 2 rings (SSSR count). The summed E-state index contributed by atoms with van der Waals surface area (Å²) in [6.45, 7) is 9.09. The minimum atomic E-state index is -0.152. The fourth-order valence-corrected chi connectivity index (χ4v) is 3.31. The van der Waals surface area contributed by atoms with Gasteiger partial charge in [0.05, 0.1) is 0 Å². The molecule has 0 radical (unpaired) electrons. The van der Waals surface area contributed by atoms with Crippen molar-refractivity contribution in [3.05, 3.63) is 35.6 Å². The van der Waals surface area contributed by atoms with E-state index in [1.165, 1.54) is 18.9 Å². The normalized spacial score (nSPS) is 28.3. The second-order valence-corrected chi connectivity index (χ2v) is 6.60. The molecule has 1 saturated carbocycles. The van der Waals surface area contributed by atoms with Crippen LogP contribution in [0.2, 0.25) is 0 Å². The molecule has 0 heterocycles. The van der Waals surface area contributed by atoms with Gasteiger partial charge in [-0.2, -0.15) is 0 Å². The zero-order chi connectivity index (χ0) is 13.3. The van der Waals surface area contributed by atoms with E-state index in [9.17, 15) is 4.39 Å². The first kappa shape index (κ1) is 13.5. The number of hydrogen-bond donors (Lipinski definition) is 1. The highest BCUT2D eigenvalue weighted by molar-refractivity contribution is 5.19. The zero-order valence-electron chi connectivity index (χ0n) is 11.8. The molecule has 18 heavy (non-hydrogen) atoms. The maximum Gasteiger partial charge on any atom is 0.123 e. The molecule has 2 unspecified atom stereocenters. The van der Waals surface area contributed by atoms with Crippen LogP contribution in [-0.4, -0.2) is 6.04 Å². The van der Waals surface area contributed by atoms with Gasteiger partial charge >= 0.3 is 0 Å². The van der Waals surface area contributed by atoms with Crippen LogP contribution < -0.4 is 5.32 Å². The van der Waals surface area contributed by atoms with Crippen LogP contribution in [0.4, 0.5) is 4.39 Å². The molecule has 100 valence electrons. The number of nitrogens with one attached hydrogen (secondary N) is 1. The largest absolute Gasteiger partial charge is 0.307 e. The lowest BCUT2D eigenvalue weighted by atomic mass is 9.91. The predicted octanol–water partition coefficient (Wildman–Crippen LogP) is 4.30. The van der Waals surface area contributed by atoms with Gasteiger partial charge in [0.2, 0.25) is 0 Å². The third-order valence-electron chi connectivity index (χ3n) is 4.15. The van der Waals surface area contributed by atoms with Gasteiger partial charge in [-0.3, -0.25) is 0 Å². The molecule has 0 saturated heterocycles. The Morgan fingerprint density at radius 1 is 1.33 bits per heavy atom. The Bertz CT molecular complexity index is 413. The van der Waals surface area contributed by atoms with Crippen LogP contribution >= 0.6 is 0 Å². The molecule has 0 bridgehead atoms. The van der Waals surface area contributed by atoms with E-state index in [1.807, 2.05) is 6.07 Å². The molecule has 1 nitrogen and oxygen atoms in total. The lowest BCUT2D eigenvalue weighted by Crippen LogP contribution is -2.33. The third kappa shape index (κ3) is 3.11. The van der Waals surface area contributed by atoms with Crippen molar-refractivity contribution in [3.63, 3.8) is 0 Å². The predicted molar refractivity (Wildman–Crippen MR) is 73.9 cm³/mol. The number of benzene rings is 1. The summed E-state index contributed by atoms with van der Waals surface area (Å²) in [6.07, 6.45) is 2.47. The molecule has 1 aromatic rings. The van der Waals surface area contributed by atoms with Crippen LogP contribution in [0.3, 0.4) is 0 Å². The first-order valence-electron chi connectivity index (χ1n) is 6.89. The molecule has 1 aromatic carbocycles. The van der Waals surface area contributed by atoms with Crippen molar-refractivity contribution < 1.29 is 4.39 Å². The average Bonchev–Trinajstić information content (AvgIpc) is 2.51. The molecule has 0 amide bonds. The summed E-state index contributed by atoms with van der Waals surface area (Å²) in [7, 11) is 0. The van der Waals surface area contributed by atoms with Crippen LogP contribution in [-0.2, 0) is 0 Å². The molecule has 1 aliphatic rings. The van der Waals surface area contributed by atoms with Crippen molar-refractivity contribution in [2.24, 2.45) is 11.3 Å². The topological polar surface area (TPSA) is 12.0 Å². The van der Waals surface area contributed by atoms with Crippen molar-refractivity contribution in [3.8, 4) is 0 Å². The van der Waals surface area contributed by atoms with Crippen molar-refractivity contribution >= 4 is 0 Å². The molecule has 0 aliphatic heterocycles. The minimum absolute atomic E-state index is 0.152. The minimum Gasteiger partial charge on any atom is -0.307 e. The molecule has 0 aromatic heterocycles. The molecule has 0 spiro atoms.